The third kappa shape index (κ3) is 3.97. The van der Waals surface area contributed by atoms with Crippen LogP contribution in [0.1, 0.15) is 60.1 Å². The van der Waals surface area contributed by atoms with E-state index in [1.165, 1.54) is 17.0 Å². The van der Waals surface area contributed by atoms with Gasteiger partial charge in [-0.05, 0) is 80.9 Å². The largest absolute Gasteiger partial charge is 0.352 e. The molecule has 162 valence electrons. The third-order valence-electron chi connectivity index (χ3n) is 6.22. The van der Waals surface area contributed by atoms with Gasteiger partial charge in [0.2, 0.25) is 0 Å². The van der Waals surface area contributed by atoms with Gasteiger partial charge in [0.15, 0.2) is 5.11 Å². The van der Waals surface area contributed by atoms with Crippen LogP contribution in [-0.2, 0) is 0 Å². The van der Waals surface area contributed by atoms with Crippen LogP contribution < -0.4 is 5.32 Å². The summed E-state index contributed by atoms with van der Waals surface area (Å²) in [6.07, 6.45) is 4.07. The zero-order valence-corrected chi connectivity index (χ0v) is 20.1. The number of hydrogen-bond donors (Lipinski definition) is 1. The topological polar surface area (TPSA) is 33.1 Å². The number of pyridine rings is 1. The molecule has 0 spiro atoms. The van der Waals surface area contributed by atoms with Crippen LogP contribution in [-0.4, -0.2) is 26.1 Å². The number of unbranched alkanes of at least 4 members (excludes halogenated alkanes) is 1. The highest BCUT2D eigenvalue weighted by molar-refractivity contribution is 7.80. The number of nitrogens with zero attached hydrogens (tertiary/aromatic N) is 3. The maximum Gasteiger partial charge on any atom is 0.170 e. The van der Waals surface area contributed by atoms with Gasteiger partial charge in [-0.3, -0.25) is 4.98 Å². The van der Waals surface area contributed by atoms with Gasteiger partial charge in [-0.25, -0.2) is 0 Å². The summed E-state index contributed by atoms with van der Waals surface area (Å²) in [7, 11) is 0. The van der Waals surface area contributed by atoms with Gasteiger partial charge in [0, 0.05) is 34.8 Å². The Morgan fingerprint density at radius 1 is 1.13 bits per heavy atom. The van der Waals surface area contributed by atoms with Crippen LogP contribution in [0.2, 0.25) is 5.02 Å². The standard InChI is InChI=1S/C25H29ClN4S/c1-5-6-14-29-24(23(28-25(29)31)21-11-7-8-13-27-21)19-15-16(2)30(18(19)4)22-12-9-10-20(26)17(22)3/h7-13,15,23-24H,5-6,14H2,1-4H3,(H,28,31)/t23-,24-/m1/s1. The molecule has 0 amide bonds. The van der Waals surface area contributed by atoms with Gasteiger partial charge >= 0.3 is 0 Å². The van der Waals surface area contributed by atoms with Crippen molar-refractivity contribution in [3.05, 3.63) is 81.9 Å². The summed E-state index contributed by atoms with van der Waals surface area (Å²) >= 11 is 12.2. The number of benzene rings is 1. The molecule has 4 rings (SSSR count). The van der Waals surface area contributed by atoms with E-state index in [-0.39, 0.29) is 12.1 Å². The van der Waals surface area contributed by atoms with Crippen LogP contribution in [0.15, 0.2) is 48.7 Å². The van der Waals surface area contributed by atoms with Gasteiger partial charge in [0.1, 0.15) is 0 Å². The fourth-order valence-electron chi connectivity index (χ4n) is 4.61. The van der Waals surface area contributed by atoms with Crippen molar-refractivity contribution in [3.63, 3.8) is 0 Å². The average molecular weight is 453 g/mol. The van der Waals surface area contributed by atoms with Crippen LogP contribution in [0.4, 0.5) is 0 Å². The predicted octanol–water partition coefficient (Wildman–Crippen LogP) is 6.22. The molecule has 0 bridgehead atoms. The van der Waals surface area contributed by atoms with Gasteiger partial charge in [-0.2, -0.15) is 0 Å². The van der Waals surface area contributed by atoms with Gasteiger partial charge in [0.25, 0.3) is 0 Å². The molecule has 1 fully saturated rings. The molecule has 1 aromatic carbocycles. The number of aromatic nitrogens is 2. The molecule has 0 aliphatic carbocycles. The SMILES string of the molecule is CCCCN1C(=S)N[C@H](c2ccccn2)[C@H]1c1cc(C)n(-c2cccc(Cl)c2C)c1C. The molecule has 0 saturated carbocycles. The number of aryl methyl sites for hydroxylation is 1. The summed E-state index contributed by atoms with van der Waals surface area (Å²) in [5.74, 6) is 0. The van der Waals surface area contributed by atoms with Crippen molar-refractivity contribution in [1.82, 2.24) is 19.8 Å². The van der Waals surface area contributed by atoms with E-state index in [0.717, 1.165) is 46.5 Å². The van der Waals surface area contributed by atoms with Crippen molar-refractivity contribution in [2.75, 3.05) is 6.54 Å². The van der Waals surface area contributed by atoms with Crippen LogP contribution in [0.3, 0.4) is 0 Å². The maximum atomic E-state index is 6.45. The second-order valence-electron chi connectivity index (χ2n) is 8.22. The van der Waals surface area contributed by atoms with E-state index in [2.05, 4.69) is 65.7 Å². The summed E-state index contributed by atoms with van der Waals surface area (Å²) in [6.45, 7) is 9.57. The van der Waals surface area contributed by atoms with E-state index in [9.17, 15) is 0 Å². The number of halogens is 1. The minimum absolute atomic E-state index is 0.0139. The molecule has 3 heterocycles. The first-order chi connectivity index (χ1) is 14.9. The molecule has 6 heteroatoms. The minimum atomic E-state index is 0.0139. The lowest BCUT2D eigenvalue weighted by atomic mass is 9.96. The molecule has 1 aliphatic rings. The van der Waals surface area contributed by atoms with Gasteiger partial charge in [-0.1, -0.05) is 37.1 Å². The lowest BCUT2D eigenvalue weighted by molar-refractivity contribution is 0.312. The minimum Gasteiger partial charge on any atom is -0.352 e. The molecule has 0 radical (unpaired) electrons. The molecule has 4 nitrogen and oxygen atoms in total. The molecule has 1 saturated heterocycles. The van der Waals surface area contributed by atoms with Crippen LogP contribution in [0, 0.1) is 20.8 Å². The Kier molecular flexibility index (Phi) is 6.35. The van der Waals surface area contributed by atoms with E-state index in [1.807, 2.05) is 30.5 Å². The Labute approximate surface area is 195 Å². The summed E-state index contributed by atoms with van der Waals surface area (Å²) in [5.41, 5.74) is 6.89. The lowest BCUT2D eigenvalue weighted by Gasteiger charge is -2.28. The van der Waals surface area contributed by atoms with Gasteiger partial charge < -0.3 is 14.8 Å². The second kappa shape index (κ2) is 9.01. The summed E-state index contributed by atoms with van der Waals surface area (Å²) in [4.78, 5) is 7.00. The Bertz CT molecular complexity index is 1090. The highest BCUT2D eigenvalue weighted by Gasteiger charge is 2.41. The van der Waals surface area contributed by atoms with Crippen LogP contribution >= 0.6 is 23.8 Å². The first kappa shape index (κ1) is 21.8. The molecule has 2 aromatic heterocycles. The summed E-state index contributed by atoms with van der Waals surface area (Å²) in [5, 5.41) is 5.15. The number of rotatable bonds is 6. The number of thiocarbonyl (C=S) groups is 1. The molecule has 1 N–H and O–H groups in total. The smallest absolute Gasteiger partial charge is 0.170 e. The highest BCUT2D eigenvalue weighted by atomic mass is 35.5. The van der Waals surface area contributed by atoms with Crippen molar-refractivity contribution >= 4 is 28.9 Å². The Hall–Kier alpha value is -2.37. The zero-order chi connectivity index (χ0) is 22.1. The van der Waals surface area contributed by atoms with Crippen molar-refractivity contribution in [2.24, 2.45) is 0 Å². The molecular weight excluding hydrogens is 424 g/mol. The number of nitrogens with one attached hydrogen (secondary N) is 1. The molecule has 3 aromatic rings. The molecular formula is C25H29ClN4S. The van der Waals surface area contributed by atoms with E-state index in [4.69, 9.17) is 23.8 Å². The van der Waals surface area contributed by atoms with Crippen molar-refractivity contribution in [3.8, 4) is 5.69 Å². The van der Waals surface area contributed by atoms with Crippen molar-refractivity contribution in [2.45, 2.75) is 52.6 Å². The molecule has 1 aliphatic heterocycles. The quantitative estimate of drug-likeness (QED) is 0.450. The monoisotopic (exact) mass is 452 g/mol. The second-order valence-corrected chi connectivity index (χ2v) is 9.01. The van der Waals surface area contributed by atoms with Crippen molar-refractivity contribution in [1.29, 1.82) is 0 Å². The summed E-state index contributed by atoms with van der Waals surface area (Å²) in [6, 6.07) is 14.6. The normalized spacial score (nSPS) is 18.5. The lowest BCUT2D eigenvalue weighted by Crippen LogP contribution is -2.30. The first-order valence-electron chi connectivity index (χ1n) is 10.9. The first-order valence-corrected chi connectivity index (χ1v) is 11.6. The third-order valence-corrected chi connectivity index (χ3v) is 6.98. The molecule has 31 heavy (non-hydrogen) atoms. The Morgan fingerprint density at radius 3 is 2.65 bits per heavy atom. The van der Waals surface area contributed by atoms with Crippen molar-refractivity contribution < 1.29 is 0 Å². The average Bonchev–Trinajstić information content (AvgIpc) is 3.24. The van der Waals surface area contributed by atoms with E-state index >= 15 is 0 Å². The summed E-state index contributed by atoms with van der Waals surface area (Å²) < 4.78 is 2.31. The van der Waals surface area contributed by atoms with E-state index in [1.54, 1.807) is 0 Å². The fourth-order valence-corrected chi connectivity index (χ4v) is 5.11. The Balaban J connectivity index is 1.84. The number of hydrogen-bond acceptors (Lipinski definition) is 2. The molecule has 0 unspecified atom stereocenters. The highest BCUT2D eigenvalue weighted by Crippen LogP contribution is 2.41. The van der Waals surface area contributed by atoms with E-state index in [0.29, 0.717) is 0 Å². The zero-order valence-electron chi connectivity index (χ0n) is 18.5. The van der Waals surface area contributed by atoms with Gasteiger partial charge in [0.05, 0.1) is 17.8 Å². The maximum absolute atomic E-state index is 6.45. The van der Waals surface area contributed by atoms with Crippen LogP contribution in [0.5, 0.6) is 0 Å². The van der Waals surface area contributed by atoms with Crippen LogP contribution in [0.25, 0.3) is 5.69 Å². The van der Waals surface area contributed by atoms with Gasteiger partial charge in [-0.15, -0.1) is 0 Å². The Morgan fingerprint density at radius 2 is 1.94 bits per heavy atom. The van der Waals surface area contributed by atoms with E-state index < -0.39 is 0 Å². The molecule has 2 atom stereocenters. The fraction of sp³-hybridized carbons (Fsp3) is 0.360. The predicted molar refractivity (Wildman–Crippen MR) is 132 cm³/mol.